The number of hydrogen-bond acceptors (Lipinski definition) is 2. The zero-order valence-corrected chi connectivity index (χ0v) is 19.9. The lowest BCUT2D eigenvalue weighted by molar-refractivity contribution is 0.503. The minimum Gasteiger partial charge on any atom is -0.356 e. The number of nitrogens with one attached hydrogen (secondary N) is 2. The van der Waals surface area contributed by atoms with Crippen molar-refractivity contribution < 1.29 is 4.39 Å². The zero-order chi connectivity index (χ0) is 20.7. The lowest BCUT2D eigenvalue weighted by Gasteiger charge is -2.27. The fourth-order valence-corrected chi connectivity index (χ4v) is 3.15. The number of halogens is 2. The number of imidazole rings is 1. The van der Waals surface area contributed by atoms with Gasteiger partial charge in [-0.1, -0.05) is 50.2 Å². The Labute approximate surface area is 194 Å². The molecule has 0 saturated carbocycles. The number of aromatic nitrogens is 2. The minimum absolute atomic E-state index is 0. The molecule has 0 amide bonds. The summed E-state index contributed by atoms with van der Waals surface area (Å²) in [5, 5.41) is 6.71. The lowest BCUT2D eigenvalue weighted by Crippen LogP contribution is -2.43. The molecule has 1 heterocycles. The summed E-state index contributed by atoms with van der Waals surface area (Å²) >= 11 is 0. The predicted octanol–water partition coefficient (Wildman–Crippen LogP) is 4.33. The van der Waals surface area contributed by atoms with Crippen LogP contribution in [0.5, 0.6) is 0 Å². The first-order valence-electron chi connectivity index (χ1n) is 9.70. The molecule has 0 aliphatic rings. The van der Waals surface area contributed by atoms with E-state index in [1.165, 1.54) is 17.2 Å². The van der Waals surface area contributed by atoms with Crippen molar-refractivity contribution in [3.63, 3.8) is 0 Å². The molecule has 2 aromatic carbocycles. The Morgan fingerprint density at radius 3 is 2.57 bits per heavy atom. The molecule has 0 fully saturated rings. The van der Waals surface area contributed by atoms with Crippen LogP contribution < -0.4 is 10.6 Å². The van der Waals surface area contributed by atoms with Gasteiger partial charge in [0, 0.05) is 44.5 Å². The van der Waals surface area contributed by atoms with Crippen LogP contribution in [0.4, 0.5) is 4.39 Å². The van der Waals surface area contributed by atoms with Crippen molar-refractivity contribution in [2.45, 2.75) is 32.4 Å². The monoisotopic (exact) mass is 521 g/mol. The van der Waals surface area contributed by atoms with Crippen molar-refractivity contribution in [3.8, 4) is 0 Å². The molecule has 0 unspecified atom stereocenters. The molecule has 7 heteroatoms. The molecule has 0 saturated heterocycles. The summed E-state index contributed by atoms with van der Waals surface area (Å²) in [6.07, 6.45) is 5.56. The second kappa shape index (κ2) is 11.1. The molecule has 0 bridgehead atoms. The van der Waals surface area contributed by atoms with Gasteiger partial charge in [-0.3, -0.25) is 4.99 Å². The Morgan fingerprint density at radius 2 is 1.87 bits per heavy atom. The summed E-state index contributed by atoms with van der Waals surface area (Å²) in [5.41, 5.74) is 3.12. The van der Waals surface area contributed by atoms with Crippen LogP contribution in [-0.2, 0) is 18.5 Å². The first kappa shape index (κ1) is 23.9. The first-order valence-corrected chi connectivity index (χ1v) is 9.70. The van der Waals surface area contributed by atoms with E-state index in [-0.39, 0.29) is 35.2 Å². The van der Waals surface area contributed by atoms with Crippen molar-refractivity contribution >= 4 is 29.9 Å². The van der Waals surface area contributed by atoms with E-state index in [0.29, 0.717) is 13.1 Å². The molecular weight excluding hydrogens is 492 g/mol. The number of guanidine groups is 1. The fourth-order valence-electron chi connectivity index (χ4n) is 3.15. The third-order valence-electron chi connectivity index (χ3n) is 4.90. The summed E-state index contributed by atoms with van der Waals surface area (Å²) in [6, 6.07) is 15.2. The molecule has 0 aliphatic carbocycles. The van der Waals surface area contributed by atoms with E-state index in [9.17, 15) is 4.39 Å². The van der Waals surface area contributed by atoms with E-state index in [2.05, 4.69) is 58.7 Å². The summed E-state index contributed by atoms with van der Waals surface area (Å²) in [7, 11) is 1.75. The van der Waals surface area contributed by atoms with Crippen LogP contribution in [0, 0.1) is 5.82 Å². The molecule has 3 rings (SSSR count). The average Bonchev–Trinajstić information content (AvgIpc) is 3.21. The third-order valence-corrected chi connectivity index (χ3v) is 4.90. The summed E-state index contributed by atoms with van der Waals surface area (Å²) < 4.78 is 15.6. The maximum atomic E-state index is 13.6. The van der Waals surface area contributed by atoms with Crippen LogP contribution >= 0.6 is 24.0 Å². The molecule has 0 spiro atoms. The Morgan fingerprint density at radius 1 is 1.10 bits per heavy atom. The highest BCUT2D eigenvalue weighted by Crippen LogP contribution is 2.22. The minimum atomic E-state index is -0.232. The number of rotatable bonds is 7. The van der Waals surface area contributed by atoms with Crippen molar-refractivity contribution in [2.24, 2.45) is 4.99 Å². The molecule has 3 aromatic rings. The maximum absolute atomic E-state index is 13.6. The second-order valence-electron chi connectivity index (χ2n) is 7.73. The summed E-state index contributed by atoms with van der Waals surface area (Å²) in [4.78, 5) is 8.39. The largest absolute Gasteiger partial charge is 0.356 e. The molecule has 2 N–H and O–H groups in total. The summed E-state index contributed by atoms with van der Waals surface area (Å²) in [5.74, 6) is 0.503. The van der Waals surface area contributed by atoms with Crippen molar-refractivity contribution in [2.75, 3.05) is 13.6 Å². The molecule has 160 valence electrons. The van der Waals surface area contributed by atoms with Gasteiger partial charge in [0.05, 0.1) is 6.33 Å². The summed E-state index contributed by atoms with van der Waals surface area (Å²) in [6.45, 7) is 6.26. The molecular formula is C23H29FIN5. The quantitative estimate of drug-likeness (QED) is 0.277. The first-order chi connectivity index (χ1) is 14.0. The number of aliphatic imine (C=N–C) groups is 1. The molecule has 0 atom stereocenters. The molecule has 5 nitrogen and oxygen atoms in total. The molecule has 0 aliphatic heterocycles. The van der Waals surface area contributed by atoms with E-state index < -0.39 is 0 Å². The van der Waals surface area contributed by atoms with E-state index in [1.54, 1.807) is 25.4 Å². The SMILES string of the molecule is CN=C(NCc1cccc(Cn2ccnc2)c1)NCC(C)(C)c1cccc(F)c1.I. The van der Waals surface area contributed by atoms with Crippen LogP contribution in [-0.4, -0.2) is 29.1 Å². The number of hydrogen-bond donors (Lipinski definition) is 2. The van der Waals surface area contributed by atoms with Gasteiger partial charge in [0.15, 0.2) is 5.96 Å². The van der Waals surface area contributed by atoms with E-state index >= 15 is 0 Å². The van der Waals surface area contributed by atoms with Crippen molar-refractivity contribution in [1.29, 1.82) is 0 Å². The van der Waals surface area contributed by atoms with E-state index in [1.807, 2.05) is 23.2 Å². The number of nitrogens with zero attached hydrogens (tertiary/aromatic N) is 3. The van der Waals surface area contributed by atoms with Gasteiger partial charge in [0.1, 0.15) is 5.82 Å². The Bertz CT molecular complexity index is 954. The Kier molecular flexibility index (Phi) is 8.83. The van der Waals surface area contributed by atoms with E-state index in [4.69, 9.17) is 0 Å². The lowest BCUT2D eigenvalue weighted by atomic mass is 9.84. The normalized spacial score (nSPS) is 11.7. The van der Waals surface area contributed by atoms with Crippen LogP contribution in [0.3, 0.4) is 0 Å². The van der Waals surface area contributed by atoms with Gasteiger partial charge >= 0.3 is 0 Å². The highest BCUT2D eigenvalue weighted by atomic mass is 127. The van der Waals surface area contributed by atoms with Gasteiger partial charge in [0.25, 0.3) is 0 Å². The van der Waals surface area contributed by atoms with Crippen LogP contribution in [0.1, 0.15) is 30.5 Å². The van der Waals surface area contributed by atoms with Gasteiger partial charge in [0.2, 0.25) is 0 Å². The van der Waals surface area contributed by atoms with Crippen molar-refractivity contribution in [3.05, 3.63) is 89.8 Å². The fraction of sp³-hybridized carbons (Fsp3) is 0.304. The Hall–Kier alpha value is -2.42. The smallest absolute Gasteiger partial charge is 0.191 e. The van der Waals surface area contributed by atoms with Gasteiger partial charge in [-0.05, 0) is 28.8 Å². The van der Waals surface area contributed by atoms with Crippen LogP contribution in [0.15, 0.2) is 72.2 Å². The van der Waals surface area contributed by atoms with Gasteiger partial charge < -0.3 is 15.2 Å². The van der Waals surface area contributed by atoms with Gasteiger partial charge in [-0.25, -0.2) is 9.37 Å². The topological polar surface area (TPSA) is 54.2 Å². The second-order valence-corrected chi connectivity index (χ2v) is 7.73. The third kappa shape index (κ3) is 6.83. The highest BCUT2D eigenvalue weighted by Gasteiger charge is 2.21. The molecule has 30 heavy (non-hydrogen) atoms. The highest BCUT2D eigenvalue weighted by molar-refractivity contribution is 14.0. The standard InChI is InChI=1S/C23H28FN5.HI/c1-23(2,20-8-5-9-21(24)13-20)16-28-22(25-3)27-14-18-6-4-7-19(12-18)15-29-11-10-26-17-29;/h4-13,17H,14-16H2,1-3H3,(H2,25,27,28);1H. The van der Waals surface area contributed by atoms with E-state index in [0.717, 1.165) is 18.1 Å². The molecule has 0 radical (unpaired) electrons. The van der Waals surface area contributed by atoms with Gasteiger partial charge in [-0.15, -0.1) is 24.0 Å². The van der Waals surface area contributed by atoms with Crippen LogP contribution in [0.2, 0.25) is 0 Å². The van der Waals surface area contributed by atoms with Crippen LogP contribution in [0.25, 0.3) is 0 Å². The molecule has 1 aromatic heterocycles. The average molecular weight is 521 g/mol. The van der Waals surface area contributed by atoms with Gasteiger partial charge in [-0.2, -0.15) is 0 Å². The zero-order valence-electron chi connectivity index (χ0n) is 17.6. The maximum Gasteiger partial charge on any atom is 0.191 e. The number of benzene rings is 2. The van der Waals surface area contributed by atoms with Crippen molar-refractivity contribution in [1.82, 2.24) is 20.2 Å². The predicted molar refractivity (Wildman–Crippen MR) is 131 cm³/mol. The Balaban J connectivity index is 0.00000320.